The summed E-state index contributed by atoms with van der Waals surface area (Å²) in [4.78, 5) is 96.4. The van der Waals surface area contributed by atoms with Gasteiger partial charge in [0.05, 0.1) is 49.4 Å². The van der Waals surface area contributed by atoms with Crippen molar-refractivity contribution in [2.45, 2.75) is 77.5 Å². The van der Waals surface area contributed by atoms with Crippen molar-refractivity contribution in [3.8, 4) is 106 Å². The number of carbonyl (C=O) groups excluding carboxylic acids is 6. The smallest absolute Gasteiger partial charge is 0.287 e. The summed E-state index contributed by atoms with van der Waals surface area (Å²) in [6.07, 6.45) is 0. The molecule has 6 aliphatic heterocycles. The number of hydrogen-bond donors (Lipinski definition) is 2. The highest BCUT2D eigenvalue weighted by Crippen LogP contribution is 2.44. The van der Waals surface area contributed by atoms with Gasteiger partial charge in [-0.1, -0.05) is 336 Å². The van der Waals surface area contributed by atoms with E-state index in [4.69, 9.17) is 18.7 Å². The summed E-state index contributed by atoms with van der Waals surface area (Å²) in [7, 11) is 0. The number of hydrogen-bond acceptors (Lipinski definition) is 16. The molecule has 18 aromatic rings. The molecular weight excluding hydrogens is 1780 g/mol. The molecule has 24 rings (SSSR count). The Morgan fingerprint density at radius 1 is 0.255 bits per heavy atom. The van der Waals surface area contributed by atoms with Crippen LogP contribution in [-0.2, 0) is 0 Å². The minimum atomic E-state index is -0.185. The summed E-state index contributed by atoms with van der Waals surface area (Å²) >= 11 is 6.31. The van der Waals surface area contributed by atoms with Crippen LogP contribution in [0.3, 0.4) is 0 Å². The predicted octanol–water partition coefficient (Wildman–Crippen LogP) is 28.9. The molecule has 0 spiro atoms. The zero-order valence-corrected chi connectivity index (χ0v) is 79.4. The monoisotopic (exact) mass is 1870 g/mol. The van der Waals surface area contributed by atoms with Crippen molar-refractivity contribution >= 4 is 103 Å². The number of ketones is 6. The standard InChI is InChI=1S/3C15H12O2.3C15H12OS.C14H11NO2.C14H11NOS.CH4/c1-10-2-4-11(5-3-10)12-6-7-15-13(8-12)14(16)9-17-15;1-10-5-7-11(8-6-10)12-3-2-4-14-15(12)13(16)9-17-14;1-10-5-7-11(8-6-10)12-3-2-4-13-14(16)9-17-15(12)13;1-10-2-4-11(5-3-10)12-6-7-13-14(16)9-17-15(13)8-12;1-10-5-7-11(8-6-10)12-3-2-4-14-15(12)13(16)9-17-14;1-10-5-7-11(8-6-10)12-3-2-4-13-14(16)9-17-15(12)13;1-9-2-4-10(5-3-9)11-6-7-12-13(8-11)17-15-14(12)16;1-9-2-4-10(5-3-9)11-6-7-13-12(8-11)14(16)15-17-13;/h6*2-8H,9H2,1H3;2*2-8H,1H3,(H,15,16);1H4. The lowest BCUT2D eigenvalue weighted by Crippen LogP contribution is -2.00. The maximum atomic E-state index is 11.9. The summed E-state index contributed by atoms with van der Waals surface area (Å²) in [5, 5.41) is 3.69. The Balaban J connectivity index is 0.000000113. The van der Waals surface area contributed by atoms with Gasteiger partial charge in [0.25, 0.3) is 11.1 Å². The fraction of sp³-hybridized carbons (Fsp3) is 0.126. The molecule has 0 saturated heterocycles. The third-order valence-corrected chi connectivity index (χ3v) is 28.0. The Morgan fingerprint density at radius 3 is 1.21 bits per heavy atom. The molecule has 0 aliphatic carbocycles. The van der Waals surface area contributed by atoms with E-state index in [1.165, 1.54) is 78.3 Å². The van der Waals surface area contributed by atoms with E-state index in [-0.39, 0.29) is 73.1 Å². The lowest BCUT2D eigenvalue weighted by molar-refractivity contribution is 0.0954. The molecule has 0 saturated carbocycles. The Labute approximate surface area is 812 Å². The first kappa shape index (κ1) is 95.1. The predicted molar refractivity (Wildman–Crippen MR) is 561 cm³/mol. The fourth-order valence-electron chi connectivity index (χ4n) is 16.2. The van der Waals surface area contributed by atoms with Crippen LogP contribution < -0.4 is 25.3 Å². The Kier molecular flexibility index (Phi) is 29.9. The minimum Gasteiger partial charge on any atom is -0.485 e. The van der Waals surface area contributed by atoms with Crippen LogP contribution in [-0.4, -0.2) is 81.3 Å². The molecule has 137 heavy (non-hydrogen) atoms. The number of H-pyrrole nitrogens is 2. The van der Waals surface area contributed by atoms with Gasteiger partial charge in [-0.2, -0.15) is 5.16 Å². The van der Waals surface area contributed by atoms with Gasteiger partial charge in [-0.25, -0.2) is 0 Å². The number of rotatable bonds is 8. The molecule has 2 aromatic heterocycles. The van der Waals surface area contributed by atoms with E-state index < -0.39 is 0 Å². The second kappa shape index (κ2) is 43.1. The zero-order chi connectivity index (χ0) is 94.6. The van der Waals surface area contributed by atoms with Crippen molar-refractivity contribution in [1.82, 2.24) is 9.53 Å². The van der Waals surface area contributed by atoms with Crippen molar-refractivity contribution in [2.24, 2.45) is 0 Å². The van der Waals surface area contributed by atoms with Crippen molar-refractivity contribution in [3.63, 3.8) is 0 Å². The number of benzene rings is 16. The summed E-state index contributed by atoms with van der Waals surface area (Å²) in [6, 6.07) is 113. The zero-order valence-electron chi connectivity index (χ0n) is 76.1. The van der Waals surface area contributed by atoms with Gasteiger partial charge in [-0.05, 0) is 206 Å². The Bertz CT molecular complexity index is 7460. The van der Waals surface area contributed by atoms with Crippen molar-refractivity contribution in [3.05, 3.63) is 438 Å². The van der Waals surface area contributed by atoms with E-state index >= 15 is 0 Å². The number of aryl methyl sites for hydroxylation is 8. The van der Waals surface area contributed by atoms with Gasteiger partial charge >= 0.3 is 0 Å². The number of thioether (sulfide) groups is 3. The molecule has 16 aromatic carbocycles. The van der Waals surface area contributed by atoms with Crippen LogP contribution in [0, 0.1) is 55.4 Å². The van der Waals surface area contributed by atoms with E-state index in [9.17, 15) is 38.4 Å². The van der Waals surface area contributed by atoms with Gasteiger partial charge in [0, 0.05) is 36.9 Å². The molecule has 0 amide bonds. The van der Waals surface area contributed by atoms with Gasteiger partial charge in [-0.3, -0.25) is 42.7 Å². The van der Waals surface area contributed by atoms with Crippen molar-refractivity contribution in [2.75, 3.05) is 37.1 Å². The van der Waals surface area contributed by atoms with Gasteiger partial charge in [-0.15, -0.1) is 35.3 Å². The lowest BCUT2D eigenvalue weighted by Gasteiger charge is -2.07. The summed E-state index contributed by atoms with van der Waals surface area (Å²) in [5.74, 6) is 4.82. The molecule has 0 bridgehead atoms. The second-order valence-corrected chi connectivity index (χ2v) is 37.7. The quantitative estimate of drug-likeness (QED) is 0.145. The van der Waals surface area contributed by atoms with Crippen LogP contribution in [0.2, 0.25) is 0 Å². The normalized spacial score (nSPS) is 12.8. The highest BCUT2D eigenvalue weighted by Gasteiger charge is 2.29. The largest absolute Gasteiger partial charge is 0.485 e. The summed E-state index contributed by atoms with van der Waals surface area (Å²) in [6.45, 7) is 17.0. The first-order valence-corrected chi connectivity index (χ1v) is 48.3. The molecule has 18 heteroatoms. The number of fused-ring (bicyclic) bond motifs is 8. The first-order chi connectivity index (χ1) is 66.0. The fourth-order valence-corrected chi connectivity index (χ4v) is 20.0. The van der Waals surface area contributed by atoms with E-state index in [1.807, 2.05) is 140 Å². The minimum absolute atomic E-state index is 0. The van der Waals surface area contributed by atoms with Gasteiger partial charge in [0.15, 0.2) is 42.8 Å². The average molecular weight is 1880 g/mol. The van der Waals surface area contributed by atoms with Gasteiger partial charge in [0.1, 0.15) is 17.2 Å². The molecule has 14 nitrogen and oxygen atoms in total. The van der Waals surface area contributed by atoms with Crippen molar-refractivity contribution < 1.29 is 47.5 Å². The number of para-hydroxylation sites is 1. The van der Waals surface area contributed by atoms with Gasteiger partial charge in [0.2, 0.25) is 17.3 Å². The number of ether oxygens (including phenoxy) is 3. The van der Waals surface area contributed by atoms with Crippen LogP contribution in [0.15, 0.2) is 369 Å². The molecule has 8 heterocycles. The lowest BCUT2D eigenvalue weighted by atomic mass is 9.97. The van der Waals surface area contributed by atoms with Crippen LogP contribution in [0.25, 0.3) is 110 Å². The molecule has 680 valence electrons. The molecule has 2 N–H and O–H groups in total. The van der Waals surface area contributed by atoms with Crippen LogP contribution >= 0.6 is 46.8 Å². The van der Waals surface area contributed by atoms with E-state index in [0.717, 1.165) is 120 Å². The first-order valence-electron chi connectivity index (χ1n) is 44.5. The number of aromatic nitrogens is 2. The third kappa shape index (κ3) is 22.3. The second-order valence-electron chi connectivity index (χ2n) is 33.8. The summed E-state index contributed by atoms with van der Waals surface area (Å²) in [5.41, 5.74) is 32.7. The number of nitrogens with one attached hydrogen (secondary N) is 2. The van der Waals surface area contributed by atoms with E-state index in [0.29, 0.717) is 50.9 Å². The van der Waals surface area contributed by atoms with E-state index in [2.05, 4.69) is 258 Å². The highest BCUT2D eigenvalue weighted by atomic mass is 32.2. The summed E-state index contributed by atoms with van der Waals surface area (Å²) < 4.78 is 24.9. The molecular formula is C119H98N2O12S4. The van der Waals surface area contributed by atoms with Crippen LogP contribution in [0.4, 0.5) is 0 Å². The molecule has 0 atom stereocenters. The SMILES string of the molecule is C.Cc1ccc(-c2ccc3c(=O)[nH]oc3c2)cc1.Cc1ccc(-c2ccc3c(c2)C(=O)CO3)cc1.Cc1ccc(-c2ccc3c(c2)SCC3=O)cc1.Cc1ccc(-c2ccc3s[nH]c(=O)c3c2)cc1.Cc1ccc(-c2cccc3c2C(=O)CO3)cc1.Cc1ccc(-c2cccc3c2C(=O)CS3)cc1.Cc1ccc(-c2cccc3c2OCC3=O)cc1.Cc1ccc(-c2cccc3c2SCC3=O)cc1. The molecule has 6 aliphatic rings. The Morgan fingerprint density at radius 2 is 0.642 bits per heavy atom. The van der Waals surface area contributed by atoms with E-state index in [1.54, 1.807) is 41.4 Å². The highest BCUT2D eigenvalue weighted by molar-refractivity contribution is 8.01. The maximum absolute atomic E-state index is 11.9. The molecule has 0 unspecified atom stereocenters. The number of Topliss-reactive ketones (excluding diaryl/α,β-unsaturated/α-hetero) is 6. The van der Waals surface area contributed by atoms with Crippen molar-refractivity contribution in [1.29, 1.82) is 0 Å². The number of carbonyl (C=O) groups is 6. The maximum Gasteiger partial charge on any atom is 0.287 e. The molecule has 0 fully saturated rings. The van der Waals surface area contributed by atoms with Crippen LogP contribution in [0.1, 0.15) is 114 Å². The van der Waals surface area contributed by atoms with Crippen LogP contribution in [0.5, 0.6) is 17.2 Å². The Hall–Kier alpha value is -15.1. The third-order valence-electron chi connectivity index (χ3n) is 23.9. The van der Waals surface area contributed by atoms with Gasteiger partial charge < -0.3 is 18.7 Å². The molecule has 0 radical (unpaired) electrons. The topological polar surface area (TPSA) is 209 Å². The number of aromatic amines is 2. The average Bonchev–Trinajstić information content (AvgIpc) is 1.69.